The van der Waals surface area contributed by atoms with Gasteiger partial charge in [-0.2, -0.15) is 0 Å². The molecule has 0 spiro atoms. The van der Waals surface area contributed by atoms with Crippen molar-refractivity contribution in [1.82, 2.24) is 0 Å². The van der Waals surface area contributed by atoms with Crippen LogP contribution in [-0.4, -0.2) is 17.0 Å². The number of benzene rings is 3. The number of aryl methyl sites for hydroxylation is 1. The summed E-state index contributed by atoms with van der Waals surface area (Å²) in [6.45, 7) is 1.84. The van der Waals surface area contributed by atoms with E-state index in [4.69, 9.17) is 4.74 Å². The first-order chi connectivity index (χ1) is 12.1. The summed E-state index contributed by atoms with van der Waals surface area (Å²) in [6, 6.07) is 20.7. The Balaban J connectivity index is 2.02. The van der Waals surface area contributed by atoms with E-state index >= 15 is 0 Å². The number of aromatic carboxylic acids is 1. The van der Waals surface area contributed by atoms with Gasteiger partial charge in [-0.3, -0.25) is 0 Å². The normalized spacial score (nSPS) is 10.3. The highest BCUT2D eigenvalue weighted by atomic mass is 16.5. The third-order valence-corrected chi connectivity index (χ3v) is 3.90. The van der Waals surface area contributed by atoms with E-state index in [2.05, 4.69) is 0 Å². The lowest BCUT2D eigenvalue weighted by molar-refractivity contribution is 0.0696. The molecule has 0 aliphatic carbocycles. The van der Waals surface area contributed by atoms with Crippen LogP contribution in [0.5, 0.6) is 5.75 Å². The lowest BCUT2D eigenvalue weighted by Crippen LogP contribution is -2.11. The zero-order chi connectivity index (χ0) is 17.8. The second kappa shape index (κ2) is 7.01. The summed E-state index contributed by atoms with van der Waals surface area (Å²) < 4.78 is 5.57. The van der Waals surface area contributed by atoms with Crippen molar-refractivity contribution in [1.29, 1.82) is 0 Å². The number of ether oxygens (including phenoxy) is 1. The van der Waals surface area contributed by atoms with Crippen molar-refractivity contribution in [2.45, 2.75) is 6.92 Å². The Morgan fingerprint density at radius 3 is 2.00 bits per heavy atom. The van der Waals surface area contributed by atoms with Gasteiger partial charge < -0.3 is 9.84 Å². The van der Waals surface area contributed by atoms with Crippen molar-refractivity contribution in [2.75, 3.05) is 0 Å². The maximum atomic E-state index is 12.5. The van der Waals surface area contributed by atoms with E-state index < -0.39 is 11.9 Å². The quantitative estimate of drug-likeness (QED) is 0.561. The zero-order valence-electron chi connectivity index (χ0n) is 13.6. The second-order valence-corrected chi connectivity index (χ2v) is 5.55. The first kappa shape index (κ1) is 16.5. The second-order valence-electron chi connectivity index (χ2n) is 5.55. The molecule has 0 fully saturated rings. The van der Waals surface area contributed by atoms with Gasteiger partial charge in [0.05, 0.1) is 11.1 Å². The van der Waals surface area contributed by atoms with Gasteiger partial charge in [0, 0.05) is 5.56 Å². The van der Waals surface area contributed by atoms with Crippen LogP contribution >= 0.6 is 0 Å². The van der Waals surface area contributed by atoms with Crippen LogP contribution in [0, 0.1) is 6.92 Å². The fourth-order valence-electron chi connectivity index (χ4n) is 2.64. The molecular formula is C21H16O4. The molecule has 0 unspecified atom stereocenters. The molecule has 124 valence electrons. The number of carbonyl (C=O) groups is 2. The minimum absolute atomic E-state index is 0.155. The SMILES string of the molecule is Cc1ccccc1C(=O)Oc1ccccc1-c1ccccc1C(=O)O. The highest BCUT2D eigenvalue weighted by molar-refractivity contribution is 5.98. The van der Waals surface area contributed by atoms with Gasteiger partial charge in [-0.1, -0.05) is 54.6 Å². The molecule has 4 nitrogen and oxygen atoms in total. The number of carboxylic acids is 1. The van der Waals surface area contributed by atoms with Crippen molar-refractivity contribution < 1.29 is 19.4 Å². The van der Waals surface area contributed by atoms with Crippen LogP contribution in [0.3, 0.4) is 0 Å². The third kappa shape index (κ3) is 3.43. The molecule has 0 radical (unpaired) electrons. The van der Waals surface area contributed by atoms with Crippen LogP contribution < -0.4 is 4.74 Å². The van der Waals surface area contributed by atoms with Gasteiger partial charge >= 0.3 is 11.9 Å². The molecule has 0 aliphatic heterocycles. The lowest BCUT2D eigenvalue weighted by atomic mass is 9.99. The lowest BCUT2D eigenvalue weighted by Gasteiger charge is -2.13. The average Bonchev–Trinajstić information content (AvgIpc) is 2.62. The molecule has 1 N–H and O–H groups in total. The van der Waals surface area contributed by atoms with E-state index in [0.29, 0.717) is 22.4 Å². The minimum Gasteiger partial charge on any atom is -0.478 e. The van der Waals surface area contributed by atoms with E-state index in [1.54, 1.807) is 54.6 Å². The number of para-hydroxylation sites is 1. The van der Waals surface area contributed by atoms with Gasteiger partial charge in [0.25, 0.3) is 0 Å². The van der Waals surface area contributed by atoms with Gasteiger partial charge in [0.2, 0.25) is 0 Å². The highest BCUT2D eigenvalue weighted by Crippen LogP contribution is 2.33. The van der Waals surface area contributed by atoms with E-state index in [-0.39, 0.29) is 5.56 Å². The van der Waals surface area contributed by atoms with E-state index in [1.165, 1.54) is 6.07 Å². The zero-order valence-corrected chi connectivity index (χ0v) is 13.6. The monoisotopic (exact) mass is 332 g/mol. The maximum Gasteiger partial charge on any atom is 0.343 e. The average molecular weight is 332 g/mol. The van der Waals surface area contributed by atoms with Crippen LogP contribution in [0.15, 0.2) is 72.8 Å². The first-order valence-electron chi connectivity index (χ1n) is 7.77. The number of rotatable bonds is 4. The molecule has 0 saturated carbocycles. The van der Waals surface area contributed by atoms with Crippen molar-refractivity contribution in [3.8, 4) is 16.9 Å². The first-order valence-corrected chi connectivity index (χ1v) is 7.77. The molecule has 0 aliphatic rings. The highest BCUT2D eigenvalue weighted by Gasteiger charge is 2.17. The fraction of sp³-hybridized carbons (Fsp3) is 0.0476. The molecule has 0 aromatic heterocycles. The molecule has 0 saturated heterocycles. The summed E-state index contributed by atoms with van der Waals surface area (Å²) in [5, 5.41) is 9.41. The van der Waals surface area contributed by atoms with Gasteiger partial charge in [-0.15, -0.1) is 0 Å². The molecule has 0 atom stereocenters. The van der Waals surface area contributed by atoms with Crippen molar-refractivity contribution in [2.24, 2.45) is 0 Å². The van der Waals surface area contributed by atoms with Gasteiger partial charge in [0.1, 0.15) is 5.75 Å². The predicted molar refractivity (Wildman–Crippen MR) is 95.0 cm³/mol. The summed E-state index contributed by atoms with van der Waals surface area (Å²) >= 11 is 0. The van der Waals surface area contributed by atoms with Gasteiger partial charge in [0.15, 0.2) is 0 Å². The Hall–Kier alpha value is -3.40. The standard InChI is InChI=1S/C21H16O4/c1-14-8-2-3-9-15(14)21(24)25-19-13-7-6-11-17(19)16-10-4-5-12-18(16)20(22)23/h2-13H,1H3,(H,22,23). The summed E-state index contributed by atoms with van der Waals surface area (Å²) in [7, 11) is 0. The molecule has 3 aromatic rings. The van der Waals surface area contributed by atoms with E-state index in [0.717, 1.165) is 5.56 Å². The Morgan fingerprint density at radius 2 is 1.32 bits per heavy atom. The summed E-state index contributed by atoms with van der Waals surface area (Å²) in [4.78, 5) is 24.0. The van der Waals surface area contributed by atoms with Gasteiger partial charge in [-0.25, -0.2) is 9.59 Å². The third-order valence-electron chi connectivity index (χ3n) is 3.90. The summed E-state index contributed by atoms with van der Waals surface area (Å²) in [6.07, 6.45) is 0. The molecule has 4 heteroatoms. The van der Waals surface area contributed by atoms with E-state index in [1.807, 2.05) is 19.1 Å². The molecule has 0 heterocycles. The van der Waals surface area contributed by atoms with Gasteiger partial charge in [-0.05, 0) is 36.2 Å². The Labute approximate surface area is 145 Å². The molecule has 3 aromatic carbocycles. The Morgan fingerprint density at radius 1 is 0.760 bits per heavy atom. The van der Waals surface area contributed by atoms with Crippen LogP contribution in [0.2, 0.25) is 0 Å². The van der Waals surface area contributed by atoms with Crippen molar-refractivity contribution in [3.05, 3.63) is 89.5 Å². The smallest absolute Gasteiger partial charge is 0.343 e. The number of carboxylic acid groups (broad SMARTS) is 1. The van der Waals surface area contributed by atoms with Crippen LogP contribution in [0.1, 0.15) is 26.3 Å². The molecule has 0 amide bonds. The van der Waals surface area contributed by atoms with Crippen LogP contribution in [0.25, 0.3) is 11.1 Å². The van der Waals surface area contributed by atoms with E-state index in [9.17, 15) is 14.7 Å². The Bertz CT molecular complexity index is 944. The molecular weight excluding hydrogens is 316 g/mol. The Kier molecular flexibility index (Phi) is 4.61. The van der Waals surface area contributed by atoms with Crippen LogP contribution in [-0.2, 0) is 0 Å². The van der Waals surface area contributed by atoms with Crippen molar-refractivity contribution in [3.63, 3.8) is 0 Å². The summed E-state index contributed by atoms with van der Waals surface area (Å²) in [5.74, 6) is -1.18. The summed E-state index contributed by atoms with van der Waals surface area (Å²) in [5.41, 5.74) is 2.51. The largest absolute Gasteiger partial charge is 0.478 e. The fourth-order valence-corrected chi connectivity index (χ4v) is 2.64. The molecule has 3 rings (SSSR count). The van der Waals surface area contributed by atoms with Crippen molar-refractivity contribution >= 4 is 11.9 Å². The number of carbonyl (C=O) groups excluding carboxylic acids is 1. The molecule has 25 heavy (non-hydrogen) atoms. The minimum atomic E-state index is -1.03. The predicted octanol–water partition coefficient (Wildman–Crippen LogP) is 4.58. The van der Waals surface area contributed by atoms with Crippen LogP contribution in [0.4, 0.5) is 0 Å². The maximum absolute atomic E-state index is 12.5. The topological polar surface area (TPSA) is 63.6 Å². The number of esters is 1. The number of hydrogen-bond acceptors (Lipinski definition) is 3. The number of hydrogen-bond donors (Lipinski definition) is 1. The molecule has 0 bridgehead atoms.